The fourth-order valence-electron chi connectivity index (χ4n) is 7.59. The Morgan fingerprint density at radius 2 is 1.65 bits per heavy atom. The van der Waals surface area contributed by atoms with Crippen LogP contribution in [0.1, 0.15) is 54.6 Å². The molecule has 2 atom stereocenters. The van der Waals surface area contributed by atoms with Crippen molar-refractivity contribution in [2.24, 2.45) is 0 Å². The maximum absolute atomic E-state index is 11.7. The van der Waals surface area contributed by atoms with Crippen LogP contribution in [0.2, 0.25) is 5.02 Å². The van der Waals surface area contributed by atoms with Crippen LogP contribution in [0.25, 0.3) is 33.6 Å². The van der Waals surface area contributed by atoms with Gasteiger partial charge in [-0.25, -0.2) is 9.97 Å². The number of aryl methyl sites for hydroxylation is 1. The lowest BCUT2D eigenvalue weighted by atomic mass is 9.92. The Kier molecular flexibility index (Phi) is 10.2. The van der Waals surface area contributed by atoms with Crippen LogP contribution >= 0.6 is 11.6 Å². The zero-order valence-electron chi connectivity index (χ0n) is 29.6. The van der Waals surface area contributed by atoms with Gasteiger partial charge in [-0.1, -0.05) is 48.0 Å². The van der Waals surface area contributed by atoms with Gasteiger partial charge in [-0.3, -0.25) is 19.5 Å². The molecule has 4 aromatic rings. The van der Waals surface area contributed by atoms with Gasteiger partial charge in [0.15, 0.2) is 0 Å². The summed E-state index contributed by atoms with van der Waals surface area (Å²) in [6, 6.07) is 14.7. The molecule has 266 valence electrons. The number of benzene rings is 2. The van der Waals surface area contributed by atoms with Crippen LogP contribution in [-0.2, 0) is 22.6 Å². The average molecular weight is 710 g/mol. The number of ether oxygens (including phenoxy) is 2. The molecule has 0 saturated carbocycles. The van der Waals surface area contributed by atoms with Gasteiger partial charge in [0.1, 0.15) is 5.69 Å². The van der Waals surface area contributed by atoms with Crippen LogP contribution < -0.4 is 20.1 Å². The van der Waals surface area contributed by atoms with Crippen molar-refractivity contribution in [2.45, 2.75) is 58.2 Å². The van der Waals surface area contributed by atoms with Gasteiger partial charge in [-0.15, -0.1) is 0 Å². The van der Waals surface area contributed by atoms with E-state index in [1.807, 2.05) is 29.2 Å². The number of hydrogen-bond donors (Lipinski definition) is 2. The van der Waals surface area contributed by atoms with E-state index in [-0.39, 0.29) is 23.9 Å². The monoisotopic (exact) mass is 709 g/mol. The topological polar surface area (TPSA) is 122 Å². The maximum Gasteiger partial charge on any atom is 0.237 e. The Balaban J connectivity index is 1.14. The van der Waals surface area contributed by atoms with Crippen LogP contribution in [0.3, 0.4) is 0 Å². The van der Waals surface area contributed by atoms with Gasteiger partial charge in [-0.05, 0) is 48.9 Å². The van der Waals surface area contributed by atoms with Crippen molar-refractivity contribution in [3.63, 3.8) is 0 Å². The van der Waals surface area contributed by atoms with E-state index < -0.39 is 0 Å². The van der Waals surface area contributed by atoms with Gasteiger partial charge in [0.25, 0.3) is 0 Å². The van der Waals surface area contributed by atoms with Crippen LogP contribution in [-0.4, -0.2) is 89.6 Å². The highest BCUT2D eigenvalue weighted by molar-refractivity contribution is 6.36. The molecule has 1 aliphatic carbocycles. The summed E-state index contributed by atoms with van der Waals surface area (Å²) in [7, 11) is 3.28. The van der Waals surface area contributed by atoms with Gasteiger partial charge in [0.2, 0.25) is 23.6 Å². The highest BCUT2D eigenvalue weighted by atomic mass is 35.5. The van der Waals surface area contributed by atoms with E-state index in [0.717, 1.165) is 83.7 Å². The molecule has 2 aromatic carbocycles. The number of fused-ring (bicyclic) bond motifs is 1. The second-order valence-electron chi connectivity index (χ2n) is 13.5. The lowest BCUT2D eigenvalue weighted by Crippen LogP contribution is -2.47. The Bertz CT molecular complexity index is 1960. The first-order valence-electron chi connectivity index (χ1n) is 17.6. The number of carbonyl (C=O) groups is 2. The minimum absolute atomic E-state index is 0.105. The molecule has 0 spiro atoms. The van der Waals surface area contributed by atoms with Crippen LogP contribution in [0, 0.1) is 6.92 Å². The predicted octanol–water partition coefficient (Wildman–Crippen LogP) is 5.37. The smallest absolute Gasteiger partial charge is 0.237 e. The maximum atomic E-state index is 11.7. The number of methoxy groups -OCH3 is 2. The van der Waals surface area contributed by atoms with Crippen LogP contribution in [0.15, 0.2) is 48.7 Å². The Morgan fingerprint density at radius 3 is 2.35 bits per heavy atom. The van der Waals surface area contributed by atoms with E-state index in [9.17, 15) is 9.59 Å². The molecule has 7 rings (SSSR count). The van der Waals surface area contributed by atoms with Crippen molar-refractivity contribution in [1.82, 2.24) is 35.4 Å². The molecule has 0 bridgehead atoms. The average Bonchev–Trinajstić information content (AvgIpc) is 3.76. The van der Waals surface area contributed by atoms with E-state index in [0.29, 0.717) is 48.5 Å². The molecule has 4 heterocycles. The molecule has 0 radical (unpaired) electrons. The van der Waals surface area contributed by atoms with E-state index in [4.69, 9.17) is 36.0 Å². The molecule has 2 saturated heterocycles. The number of pyridine rings is 1. The highest BCUT2D eigenvalue weighted by Crippen LogP contribution is 2.42. The van der Waals surface area contributed by atoms with E-state index >= 15 is 0 Å². The quantitative estimate of drug-likeness (QED) is 0.224. The summed E-state index contributed by atoms with van der Waals surface area (Å²) >= 11 is 7.19. The van der Waals surface area contributed by atoms with Crippen molar-refractivity contribution < 1.29 is 19.1 Å². The Labute approximate surface area is 303 Å². The molecule has 2 N–H and O–H groups in total. The third-order valence-electron chi connectivity index (χ3n) is 10.4. The second-order valence-corrected chi connectivity index (χ2v) is 13.9. The SMILES string of the molecule is COc1nc(-c2cccc(-c3cccc(-c4cc5c(c(OC)n4)[C@@H](NC[C@@H]4CCC(=O)N4)CC5)c3C)c2Cl)cnc1CN1CCN(C(C)=O)CC1. The van der Waals surface area contributed by atoms with E-state index in [1.54, 1.807) is 27.3 Å². The number of hydrogen-bond acceptors (Lipinski definition) is 9. The zero-order valence-corrected chi connectivity index (χ0v) is 30.3. The molecule has 0 unspecified atom stereocenters. The third kappa shape index (κ3) is 7.15. The molecule has 2 amide bonds. The molecule has 2 aliphatic heterocycles. The minimum Gasteiger partial charge on any atom is -0.481 e. The standard InChI is InChI=1S/C39H44ClN7O4/c1-23-27(7-5-8-28(23)32-19-25-11-13-31(36(25)39(44-32)51-4)41-20-26-12-14-35(49)43-26)29-9-6-10-30(37(29)40)33-21-42-34(38(45-33)50-3)22-46-15-17-47(18-16-46)24(2)48/h5-10,19,21,26,31,41H,11-18,20,22H2,1-4H3,(H,43,49)/t26-,31-/m0/s1. The molecular weight excluding hydrogens is 666 g/mol. The van der Waals surface area contributed by atoms with Crippen LogP contribution in [0.4, 0.5) is 0 Å². The lowest BCUT2D eigenvalue weighted by molar-refractivity contribution is -0.130. The van der Waals surface area contributed by atoms with Crippen molar-refractivity contribution >= 4 is 23.4 Å². The number of amides is 2. The number of rotatable bonds is 10. The first kappa shape index (κ1) is 34.9. The van der Waals surface area contributed by atoms with Gasteiger partial charge in [0, 0.05) is 87.0 Å². The Hall–Kier alpha value is -4.58. The summed E-state index contributed by atoms with van der Waals surface area (Å²) in [5, 5.41) is 7.28. The molecule has 51 heavy (non-hydrogen) atoms. The summed E-state index contributed by atoms with van der Waals surface area (Å²) in [6.45, 7) is 7.96. The first-order chi connectivity index (χ1) is 24.7. The number of carbonyl (C=O) groups excluding carboxylic acids is 2. The zero-order chi connectivity index (χ0) is 35.6. The summed E-state index contributed by atoms with van der Waals surface area (Å²) in [5.41, 5.74) is 9.27. The lowest BCUT2D eigenvalue weighted by Gasteiger charge is -2.34. The van der Waals surface area contributed by atoms with Gasteiger partial charge in [0.05, 0.1) is 36.8 Å². The normalized spacial score (nSPS) is 18.8. The van der Waals surface area contributed by atoms with Crippen molar-refractivity contribution in [3.8, 4) is 45.4 Å². The van der Waals surface area contributed by atoms with Gasteiger partial charge in [-0.2, -0.15) is 0 Å². The molecular formula is C39H44ClN7O4. The predicted molar refractivity (Wildman–Crippen MR) is 197 cm³/mol. The number of nitrogens with one attached hydrogen (secondary N) is 2. The van der Waals surface area contributed by atoms with Crippen molar-refractivity contribution in [3.05, 3.63) is 76.1 Å². The van der Waals surface area contributed by atoms with Gasteiger partial charge >= 0.3 is 0 Å². The summed E-state index contributed by atoms with van der Waals surface area (Å²) < 4.78 is 11.6. The number of nitrogens with zero attached hydrogens (tertiary/aromatic N) is 5. The molecule has 2 fully saturated rings. The first-order valence-corrected chi connectivity index (χ1v) is 18.0. The number of piperazine rings is 1. The minimum atomic E-state index is 0.105. The Morgan fingerprint density at radius 1 is 0.941 bits per heavy atom. The summed E-state index contributed by atoms with van der Waals surface area (Å²) in [6.07, 6.45) is 5.08. The third-order valence-corrected chi connectivity index (χ3v) is 10.8. The van der Waals surface area contributed by atoms with Crippen molar-refractivity contribution in [2.75, 3.05) is 46.9 Å². The fourth-order valence-corrected chi connectivity index (χ4v) is 7.92. The summed E-state index contributed by atoms with van der Waals surface area (Å²) in [4.78, 5) is 42.2. The van der Waals surface area contributed by atoms with Crippen molar-refractivity contribution in [1.29, 1.82) is 0 Å². The number of halogens is 1. The van der Waals surface area contributed by atoms with Gasteiger partial charge < -0.3 is 25.0 Å². The molecule has 2 aromatic heterocycles. The largest absolute Gasteiger partial charge is 0.481 e. The summed E-state index contributed by atoms with van der Waals surface area (Å²) in [5.74, 6) is 1.32. The van der Waals surface area contributed by atoms with Crippen LogP contribution in [0.5, 0.6) is 11.8 Å². The molecule has 12 heteroatoms. The fraction of sp³-hybridized carbons (Fsp3) is 0.410. The molecule has 11 nitrogen and oxygen atoms in total. The van der Waals surface area contributed by atoms with E-state index in [1.165, 1.54) is 5.56 Å². The highest BCUT2D eigenvalue weighted by Gasteiger charge is 2.30. The number of aromatic nitrogens is 3. The van der Waals surface area contributed by atoms with E-state index in [2.05, 4.69) is 40.7 Å². The second kappa shape index (κ2) is 15.0. The molecule has 3 aliphatic rings.